The number of allylic oxidation sites excluding steroid dienone is 2. The fourth-order valence-electron chi connectivity index (χ4n) is 5.49. The number of thioether (sulfide) groups is 1. The first kappa shape index (κ1) is 26.0. The summed E-state index contributed by atoms with van der Waals surface area (Å²) in [4.78, 5) is 16.7. The fourth-order valence-corrected chi connectivity index (χ4v) is 5.89. The standard InChI is InChI=1S/C32H31FN2O2S/c1-19-5-7-21(8-6-19)30(37)29-27(20-9-15-24(38-4)16-10-20)28-25(17-32(2,3)18-26(28)36)35(31(29)34)23-13-11-22(33)12-14-23/h5-16,27,34,37H,17-18H2,1-4H3/b30-29+,34-31?. The van der Waals surface area contributed by atoms with Gasteiger partial charge in [-0.05, 0) is 67.0 Å². The van der Waals surface area contributed by atoms with Crippen LogP contribution in [-0.4, -0.2) is 23.0 Å². The number of aliphatic hydroxyl groups excluding tert-OH is 1. The maximum Gasteiger partial charge on any atom is 0.162 e. The fraction of sp³-hybridized carbons (Fsp3) is 0.250. The van der Waals surface area contributed by atoms with E-state index in [1.54, 1.807) is 28.8 Å². The van der Waals surface area contributed by atoms with Crippen LogP contribution < -0.4 is 4.90 Å². The molecule has 38 heavy (non-hydrogen) atoms. The number of halogens is 1. The van der Waals surface area contributed by atoms with Crippen LogP contribution in [0.5, 0.6) is 0 Å². The average molecular weight is 527 g/mol. The summed E-state index contributed by atoms with van der Waals surface area (Å²) in [6, 6.07) is 21.4. The lowest BCUT2D eigenvalue weighted by Crippen LogP contribution is -2.45. The van der Waals surface area contributed by atoms with Gasteiger partial charge in [0.1, 0.15) is 17.4 Å². The lowest BCUT2D eigenvalue weighted by molar-refractivity contribution is -0.118. The molecule has 1 aliphatic carbocycles. The SMILES string of the molecule is CSc1ccc(C2C3=C(CC(C)(C)CC3=O)N(c3ccc(F)cc3)C(=N)/C2=C(/O)c2ccc(C)cc2)cc1. The molecule has 2 N–H and O–H groups in total. The largest absolute Gasteiger partial charge is 0.507 e. The van der Waals surface area contributed by atoms with E-state index >= 15 is 0 Å². The predicted molar refractivity (Wildman–Crippen MR) is 153 cm³/mol. The molecule has 6 heteroatoms. The van der Waals surface area contributed by atoms with E-state index in [9.17, 15) is 19.7 Å². The van der Waals surface area contributed by atoms with Crippen LogP contribution in [0, 0.1) is 23.6 Å². The number of aliphatic hydroxyl groups is 1. The van der Waals surface area contributed by atoms with Crippen LogP contribution in [0.3, 0.4) is 0 Å². The van der Waals surface area contributed by atoms with Gasteiger partial charge in [0.15, 0.2) is 5.78 Å². The van der Waals surface area contributed by atoms with Crippen molar-refractivity contribution in [2.75, 3.05) is 11.2 Å². The Bertz CT molecular complexity index is 1470. The van der Waals surface area contributed by atoms with Gasteiger partial charge in [0.25, 0.3) is 0 Å². The maximum absolute atomic E-state index is 13.9. The smallest absolute Gasteiger partial charge is 0.162 e. The molecule has 4 nitrogen and oxygen atoms in total. The van der Waals surface area contributed by atoms with E-state index in [1.807, 2.05) is 61.7 Å². The number of carbonyl (C=O) groups is 1. The van der Waals surface area contributed by atoms with Crippen LogP contribution in [0.2, 0.25) is 0 Å². The number of nitrogens with zero attached hydrogens (tertiary/aromatic N) is 1. The van der Waals surface area contributed by atoms with Gasteiger partial charge in [0.2, 0.25) is 0 Å². The van der Waals surface area contributed by atoms with E-state index in [1.165, 1.54) is 12.1 Å². The summed E-state index contributed by atoms with van der Waals surface area (Å²) >= 11 is 1.63. The number of Topliss-reactive ketones (excluding diaryl/α,β-unsaturated/α-hetero) is 1. The number of amidine groups is 1. The Morgan fingerprint density at radius 1 is 1.00 bits per heavy atom. The molecule has 0 radical (unpaired) electrons. The van der Waals surface area contributed by atoms with Crippen LogP contribution in [-0.2, 0) is 4.79 Å². The number of benzene rings is 3. The lowest BCUT2D eigenvalue weighted by Gasteiger charge is -2.45. The van der Waals surface area contributed by atoms with Crippen LogP contribution in [0.15, 0.2) is 94.5 Å². The van der Waals surface area contributed by atoms with E-state index in [0.717, 1.165) is 21.7 Å². The zero-order valence-electron chi connectivity index (χ0n) is 22.0. The topological polar surface area (TPSA) is 64.4 Å². The average Bonchev–Trinajstić information content (AvgIpc) is 2.88. The van der Waals surface area contributed by atoms with Crippen LogP contribution >= 0.6 is 11.8 Å². The molecule has 0 saturated carbocycles. The second kappa shape index (κ2) is 9.91. The number of ketones is 1. The molecule has 194 valence electrons. The van der Waals surface area contributed by atoms with Crippen LogP contribution in [0.25, 0.3) is 5.76 Å². The molecule has 3 aromatic rings. The van der Waals surface area contributed by atoms with Gasteiger partial charge >= 0.3 is 0 Å². The van der Waals surface area contributed by atoms with Crippen molar-refractivity contribution in [3.8, 4) is 0 Å². The van der Waals surface area contributed by atoms with E-state index in [2.05, 4.69) is 13.8 Å². The first-order chi connectivity index (χ1) is 18.1. The van der Waals surface area contributed by atoms with Gasteiger partial charge in [-0.3, -0.25) is 15.1 Å². The molecular weight excluding hydrogens is 495 g/mol. The lowest BCUT2D eigenvalue weighted by atomic mass is 9.67. The van der Waals surface area contributed by atoms with Crippen LogP contribution in [0.1, 0.15) is 49.3 Å². The molecule has 0 fully saturated rings. The monoisotopic (exact) mass is 526 g/mol. The number of nitrogens with one attached hydrogen (secondary N) is 1. The van der Waals surface area contributed by atoms with Gasteiger partial charge < -0.3 is 5.11 Å². The third-order valence-electron chi connectivity index (χ3n) is 7.34. The second-order valence-electron chi connectivity index (χ2n) is 10.8. The Balaban J connectivity index is 1.83. The number of rotatable bonds is 4. The molecule has 0 bridgehead atoms. The van der Waals surface area contributed by atoms with Gasteiger partial charge in [-0.1, -0.05) is 55.8 Å². The summed E-state index contributed by atoms with van der Waals surface area (Å²) in [7, 11) is 0. The summed E-state index contributed by atoms with van der Waals surface area (Å²) in [5.74, 6) is -0.932. The highest BCUT2D eigenvalue weighted by molar-refractivity contribution is 7.98. The highest BCUT2D eigenvalue weighted by Crippen LogP contribution is 2.51. The van der Waals surface area contributed by atoms with Crippen molar-refractivity contribution in [3.63, 3.8) is 0 Å². The number of aryl methyl sites for hydroxylation is 1. The van der Waals surface area contributed by atoms with E-state index in [-0.39, 0.29) is 28.6 Å². The molecule has 0 aromatic heterocycles. The second-order valence-corrected chi connectivity index (χ2v) is 11.7. The third kappa shape index (κ3) is 4.69. The summed E-state index contributed by atoms with van der Waals surface area (Å²) in [6.45, 7) is 6.08. The summed E-state index contributed by atoms with van der Waals surface area (Å²) in [5.41, 5.74) is 4.45. The molecule has 0 spiro atoms. The maximum atomic E-state index is 13.9. The van der Waals surface area contributed by atoms with Gasteiger partial charge in [-0.2, -0.15) is 0 Å². The molecule has 0 amide bonds. The Morgan fingerprint density at radius 2 is 1.63 bits per heavy atom. The van der Waals surface area contributed by atoms with E-state index in [0.29, 0.717) is 35.2 Å². The molecule has 2 aliphatic rings. The molecule has 3 aromatic carbocycles. The summed E-state index contributed by atoms with van der Waals surface area (Å²) < 4.78 is 13.9. The van der Waals surface area contributed by atoms with Gasteiger partial charge in [0, 0.05) is 45.3 Å². The van der Waals surface area contributed by atoms with Crippen molar-refractivity contribution < 1.29 is 14.3 Å². The first-order valence-electron chi connectivity index (χ1n) is 12.6. The normalized spacial score (nSPS) is 20.4. The third-order valence-corrected chi connectivity index (χ3v) is 8.08. The number of hydrogen-bond donors (Lipinski definition) is 2. The molecule has 0 saturated heterocycles. The van der Waals surface area contributed by atoms with Gasteiger partial charge in [0.05, 0.1) is 0 Å². The van der Waals surface area contributed by atoms with E-state index in [4.69, 9.17) is 0 Å². The number of anilines is 1. The highest BCUT2D eigenvalue weighted by atomic mass is 32.2. The summed E-state index contributed by atoms with van der Waals surface area (Å²) in [5, 5.41) is 21.2. The van der Waals surface area contributed by atoms with Crippen LogP contribution in [0.4, 0.5) is 10.1 Å². The quantitative estimate of drug-likeness (QED) is 0.267. The Labute approximate surface area is 227 Å². The number of carbonyl (C=O) groups excluding carboxylic acids is 1. The molecule has 1 heterocycles. The van der Waals surface area contributed by atoms with Crippen molar-refractivity contribution in [2.45, 2.75) is 44.4 Å². The molecule has 1 aliphatic heterocycles. The van der Waals surface area contributed by atoms with Crippen molar-refractivity contribution in [3.05, 3.63) is 112 Å². The van der Waals surface area contributed by atoms with Crippen molar-refractivity contribution >= 4 is 34.8 Å². The summed E-state index contributed by atoms with van der Waals surface area (Å²) in [6.07, 6.45) is 2.95. The van der Waals surface area contributed by atoms with Gasteiger partial charge in [-0.15, -0.1) is 11.8 Å². The molecule has 1 atom stereocenters. The molecule has 5 rings (SSSR count). The zero-order valence-corrected chi connectivity index (χ0v) is 22.8. The Hall–Kier alpha value is -3.64. The molecular formula is C32H31FN2O2S. The molecule has 1 unspecified atom stereocenters. The minimum absolute atomic E-state index is 0.00371. The minimum Gasteiger partial charge on any atom is -0.507 e. The van der Waals surface area contributed by atoms with Crippen molar-refractivity contribution in [2.24, 2.45) is 5.41 Å². The van der Waals surface area contributed by atoms with Gasteiger partial charge in [-0.25, -0.2) is 4.39 Å². The first-order valence-corrected chi connectivity index (χ1v) is 13.9. The minimum atomic E-state index is -0.602. The zero-order chi connectivity index (χ0) is 27.2. The Kier molecular flexibility index (Phi) is 6.78. The predicted octanol–water partition coefficient (Wildman–Crippen LogP) is 8.05. The Morgan fingerprint density at radius 3 is 2.24 bits per heavy atom. The number of hydrogen-bond acceptors (Lipinski definition) is 4. The van der Waals surface area contributed by atoms with Crippen molar-refractivity contribution in [1.82, 2.24) is 0 Å². The van der Waals surface area contributed by atoms with E-state index < -0.39 is 5.92 Å². The highest BCUT2D eigenvalue weighted by Gasteiger charge is 2.46. The van der Waals surface area contributed by atoms with Crippen molar-refractivity contribution in [1.29, 1.82) is 5.41 Å².